The summed E-state index contributed by atoms with van der Waals surface area (Å²) >= 11 is 0. The number of benzene rings is 1. The van der Waals surface area contributed by atoms with Crippen LogP contribution in [0.15, 0.2) is 42.6 Å². The Morgan fingerprint density at radius 2 is 1.94 bits per heavy atom. The molecule has 1 unspecified atom stereocenters. The second kappa shape index (κ2) is 5.65. The molecule has 1 aromatic carbocycles. The first-order chi connectivity index (χ1) is 8.70. The average molecular weight is 243 g/mol. The first-order valence-electron chi connectivity index (χ1n) is 5.93. The van der Waals surface area contributed by atoms with Gasteiger partial charge in [-0.05, 0) is 24.6 Å². The summed E-state index contributed by atoms with van der Waals surface area (Å²) in [5.41, 5.74) is 3.03. The SMILES string of the molecule is COc1ncccc1C(O)Cc1ccc(C)cc1. The molecule has 0 aliphatic heterocycles. The number of hydrogen-bond donors (Lipinski definition) is 1. The van der Waals surface area contributed by atoms with Gasteiger partial charge in [0.25, 0.3) is 0 Å². The molecule has 0 spiro atoms. The molecule has 2 aromatic rings. The number of rotatable bonds is 4. The van der Waals surface area contributed by atoms with E-state index in [-0.39, 0.29) is 0 Å². The molecule has 2 rings (SSSR count). The van der Waals surface area contributed by atoms with Gasteiger partial charge in [0.2, 0.25) is 5.88 Å². The third kappa shape index (κ3) is 2.87. The molecule has 1 atom stereocenters. The molecule has 1 N–H and O–H groups in total. The molecule has 0 aliphatic carbocycles. The molecule has 1 heterocycles. The monoisotopic (exact) mass is 243 g/mol. The van der Waals surface area contributed by atoms with Crippen LogP contribution in [0.2, 0.25) is 0 Å². The van der Waals surface area contributed by atoms with Gasteiger partial charge in [0.15, 0.2) is 0 Å². The fourth-order valence-electron chi connectivity index (χ4n) is 1.88. The zero-order valence-corrected chi connectivity index (χ0v) is 10.6. The predicted octanol–water partition coefficient (Wildman–Crippen LogP) is 2.67. The van der Waals surface area contributed by atoms with E-state index in [0.717, 1.165) is 11.1 Å². The Labute approximate surface area is 107 Å². The van der Waals surface area contributed by atoms with Crippen LogP contribution < -0.4 is 4.74 Å². The molecular formula is C15H17NO2. The molecule has 0 bridgehead atoms. The third-order valence-electron chi connectivity index (χ3n) is 2.90. The molecule has 3 nitrogen and oxygen atoms in total. The lowest BCUT2D eigenvalue weighted by molar-refractivity contribution is 0.173. The van der Waals surface area contributed by atoms with E-state index < -0.39 is 6.10 Å². The summed E-state index contributed by atoms with van der Waals surface area (Å²) in [6.45, 7) is 2.05. The van der Waals surface area contributed by atoms with Gasteiger partial charge in [0.05, 0.1) is 13.2 Å². The highest BCUT2D eigenvalue weighted by Crippen LogP contribution is 2.25. The minimum Gasteiger partial charge on any atom is -0.481 e. The lowest BCUT2D eigenvalue weighted by Crippen LogP contribution is -2.05. The van der Waals surface area contributed by atoms with Gasteiger partial charge in [-0.3, -0.25) is 0 Å². The Balaban J connectivity index is 2.16. The van der Waals surface area contributed by atoms with Crippen molar-refractivity contribution in [1.82, 2.24) is 4.98 Å². The first-order valence-corrected chi connectivity index (χ1v) is 5.93. The zero-order valence-electron chi connectivity index (χ0n) is 10.6. The molecular weight excluding hydrogens is 226 g/mol. The quantitative estimate of drug-likeness (QED) is 0.897. The number of hydrogen-bond acceptors (Lipinski definition) is 3. The number of pyridine rings is 1. The maximum Gasteiger partial charge on any atom is 0.218 e. The average Bonchev–Trinajstić information content (AvgIpc) is 2.41. The van der Waals surface area contributed by atoms with E-state index in [1.54, 1.807) is 19.4 Å². The molecule has 94 valence electrons. The smallest absolute Gasteiger partial charge is 0.218 e. The van der Waals surface area contributed by atoms with E-state index >= 15 is 0 Å². The Kier molecular flexibility index (Phi) is 3.95. The van der Waals surface area contributed by atoms with Crippen LogP contribution in [0.1, 0.15) is 22.8 Å². The lowest BCUT2D eigenvalue weighted by Gasteiger charge is -2.13. The predicted molar refractivity (Wildman–Crippen MR) is 70.6 cm³/mol. The van der Waals surface area contributed by atoms with Crippen molar-refractivity contribution < 1.29 is 9.84 Å². The van der Waals surface area contributed by atoms with E-state index in [1.165, 1.54) is 5.56 Å². The van der Waals surface area contributed by atoms with Crippen molar-refractivity contribution in [2.75, 3.05) is 7.11 Å². The number of methoxy groups -OCH3 is 1. The highest BCUT2D eigenvalue weighted by Gasteiger charge is 2.14. The van der Waals surface area contributed by atoms with Crippen LogP contribution in [0.25, 0.3) is 0 Å². The van der Waals surface area contributed by atoms with Crippen LogP contribution in [-0.4, -0.2) is 17.2 Å². The molecule has 0 amide bonds. The van der Waals surface area contributed by atoms with E-state index in [2.05, 4.69) is 4.98 Å². The minimum absolute atomic E-state index is 0.483. The van der Waals surface area contributed by atoms with Crippen molar-refractivity contribution in [3.05, 3.63) is 59.3 Å². The molecule has 18 heavy (non-hydrogen) atoms. The Bertz CT molecular complexity index is 508. The van der Waals surface area contributed by atoms with Gasteiger partial charge in [-0.2, -0.15) is 0 Å². The van der Waals surface area contributed by atoms with Gasteiger partial charge < -0.3 is 9.84 Å². The van der Waals surface area contributed by atoms with Crippen LogP contribution in [-0.2, 0) is 6.42 Å². The zero-order chi connectivity index (χ0) is 13.0. The summed E-state index contributed by atoms with van der Waals surface area (Å²) in [6, 6.07) is 11.8. The molecule has 0 saturated heterocycles. The van der Waals surface area contributed by atoms with E-state index in [9.17, 15) is 5.11 Å². The maximum atomic E-state index is 10.2. The summed E-state index contributed by atoms with van der Waals surface area (Å²) in [4.78, 5) is 4.09. The largest absolute Gasteiger partial charge is 0.481 e. The number of aryl methyl sites for hydroxylation is 1. The third-order valence-corrected chi connectivity index (χ3v) is 2.90. The highest BCUT2D eigenvalue weighted by atomic mass is 16.5. The number of aliphatic hydroxyl groups excluding tert-OH is 1. The van der Waals surface area contributed by atoms with Crippen molar-refractivity contribution in [1.29, 1.82) is 0 Å². The van der Waals surface area contributed by atoms with Gasteiger partial charge in [-0.15, -0.1) is 0 Å². The number of ether oxygens (including phenoxy) is 1. The molecule has 1 aromatic heterocycles. The van der Waals surface area contributed by atoms with E-state index in [1.807, 2.05) is 37.3 Å². The van der Waals surface area contributed by atoms with Crippen molar-refractivity contribution in [3.8, 4) is 5.88 Å². The van der Waals surface area contributed by atoms with E-state index in [4.69, 9.17) is 4.74 Å². The van der Waals surface area contributed by atoms with Crippen LogP contribution in [0, 0.1) is 6.92 Å². The fraction of sp³-hybridized carbons (Fsp3) is 0.267. The highest BCUT2D eigenvalue weighted by molar-refractivity contribution is 5.30. The van der Waals surface area contributed by atoms with Gasteiger partial charge >= 0.3 is 0 Å². The topological polar surface area (TPSA) is 42.4 Å². The van der Waals surface area contributed by atoms with Gasteiger partial charge in [-0.25, -0.2) is 4.98 Å². The normalized spacial score (nSPS) is 12.2. The summed E-state index contributed by atoms with van der Waals surface area (Å²) in [5.74, 6) is 0.483. The Hall–Kier alpha value is -1.87. The molecule has 0 saturated carbocycles. The van der Waals surface area contributed by atoms with E-state index in [0.29, 0.717) is 12.3 Å². The minimum atomic E-state index is -0.601. The fourth-order valence-corrected chi connectivity index (χ4v) is 1.88. The van der Waals surface area contributed by atoms with Gasteiger partial charge in [0, 0.05) is 18.2 Å². The second-order valence-corrected chi connectivity index (χ2v) is 4.31. The lowest BCUT2D eigenvalue weighted by atomic mass is 10.0. The summed E-state index contributed by atoms with van der Waals surface area (Å²) in [5, 5.41) is 10.2. The Morgan fingerprint density at radius 1 is 1.22 bits per heavy atom. The van der Waals surface area contributed by atoms with Crippen molar-refractivity contribution in [3.63, 3.8) is 0 Å². The summed E-state index contributed by atoms with van der Waals surface area (Å²) < 4.78 is 5.15. The molecule has 3 heteroatoms. The number of nitrogens with zero attached hydrogens (tertiary/aromatic N) is 1. The van der Waals surface area contributed by atoms with Gasteiger partial charge in [-0.1, -0.05) is 29.8 Å². The van der Waals surface area contributed by atoms with Crippen LogP contribution in [0.4, 0.5) is 0 Å². The Morgan fingerprint density at radius 3 is 2.61 bits per heavy atom. The standard InChI is InChI=1S/C15H17NO2/c1-11-5-7-12(8-6-11)10-14(17)13-4-3-9-16-15(13)18-2/h3-9,14,17H,10H2,1-2H3. The molecule has 0 radical (unpaired) electrons. The molecule has 0 aliphatic rings. The number of aromatic nitrogens is 1. The van der Waals surface area contributed by atoms with Crippen molar-refractivity contribution in [2.45, 2.75) is 19.4 Å². The van der Waals surface area contributed by atoms with Gasteiger partial charge in [0.1, 0.15) is 0 Å². The summed E-state index contributed by atoms with van der Waals surface area (Å²) in [6.07, 6.45) is 1.61. The number of aliphatic hydroxyl groups is 1. The van der Waals surface area contributed by atoms with Crippen LogP contribution in [0.5, 0.6) is 5.88 Å². The van der Waals surface area contributed by atoms with Crippen molar-refractivity contribution >= 4 is 0 Å². The maximum absolute atomic E-state index is 10.2. The van der Waals surface area contributed by atoms with Crippen LogP contribution >= 0.6 is 0 Å². The second-order valence-electron chi connectivity index (χ2n) is 4.31. The molecule has 0 fully saturated rings. The summed E-state index contributed by atoms with van der Waals surface area (Å²) in [7, 11) is 1.56. The van der Waals surface area contributed by atoms with Crippen molar-refractivity contribution in [2.24, 2.45) is 0 Å². The van der Waals surface area contributed by atoms with Crippen LogP contribution in [0.3, 0.4) is 0 Å². The first kappa shape index (κ1) is 12.6.